The van der Waals surface area contributed by atoms with Gasteiger partial charge in [-0.2, -0.15) is 9.59 Å². The van der Waals surface area contributed by atoms with Crippen molar-refractivity contribution in [2.45, 2.75) is 0 Å². The Morgan fingerprint density at radius 2 is 1.58 bits per heavy atom. The zero-order valence-corrected chi connectivity index (χ0v) is 15.0. The number of rotatable bonds is 3. The van der Waals surface area contributed by atoms with E-state index in [9.17, 15) is 4.39 Å². The van der Waals surface area contributed by atoms with Crippen molar-refractivity contribution >= 4 is 28.8 Å². The van der Waals surface area contributed by atoms with Crippen LogP contribution in [0.4, 0.5) is 4.39 Å². The molecule has 0 bridgehead atoms. The molecule has 4 aromatic rings. The average Bonchev–Trinajstić information content (AvgIpc) is 3.35. The molecule has 2 aromatic heterocycles. The van der Waals surface area contributed by atoms with E-state index in [1.807, 2.05) is 18.2 Å². The second kappa shape index (κ2) is 8.45. The summed E-state index contributed by atoms with van der Waals surface area (Å²) < 4.78 is 13.1. The maximum atomic E-state index is 13.1. The van der Waals surface area contributed by atoms with Gasteiger partial charge in [-0.25, -0.2) is 9.37 Å². The van der Waals surface area contributed by atoms with Crippen LogP contribution in [0, 0.1) is 5.82 Å². The van der Waals surface area contributed by atoms with E-state index >= 15 is 0 Å². The Hall–Kier alpha value is -2.92. The van der Waals surface area contributed by atoms with Crippen molar-refractivity contribution < 1.29 is 14.0 Å². The third kappa shape index (κ3) is 4.18. The Kier molecular flexibility index (Phi) is 5.81. The topological polar surface area (TPSA) is 47.0 Å². The lowest BCUT2D eigenvalue weighted by Gasteiger charge is -2.04. The van der Waals surface area contributed by atoms with Crippen molar-refractivity contribution in [1.82, 2.24) is 4.98 Å². The zero-order valence-electron chi connectivity index (χ0n) is 13.4. The Bertz CT molecular complexity index is 1020. The number of thiophene rings is 1. The molecular weight excluding hydrogens is 369 g/mol. The predicted octanol–water partition coefficient (Wildman–Crippen LogP) is 5.76. The summed E-state index contributed by atoms with van der Waals surface area (Å²) in [5, 5.41) is 5.19. The van der Waals surface area contributed by atoms with E-state index in [0.717, 1.165) is 27.4 Å². The summed E-state index contributed by atoms with van der Waals surface area (Å²) in [7, 11) is 0. The number of nitrogens with zero attached hydrogens (tertiary/aromatic N) is 1. The van der Waals surface area contributed by atoms with Crippen LogP contribution in [0.3, 0.4) is 0 Å². The molecule has 128 valence electrons. The summed E-state index contributed by atoms with van der Waals surface area (Å²) in [6.45, 7) is 0. The number of hydrogen-bond donors (Lipinski definition) is 0. The van der Waals surface area contributed by atoms with Gasteiger partial charge in [0.2, 0.25) is 0 Å². The standard InChI is InChI=1S/C19H12FNS2.CO2/c20-16-8-6-13(7-9-16)14-3-1-4-15(11-14)17-12-23-19(21-17)18-5-2-10-22-18;2-1-3/h1-12H;. The second-order valence-corrected chi connectivity index (χ2v) is 6.99. The van der Waals surface area contributed by atoms with Gasteiger partial charge < -0.3 is 0 Å². The number of halogens is 1. The number of hydrogen-bond acceptors (Lipinski definition) is 5. The highest BCUT2D eigenvalue weighted by atomic mass is 32.1. The van der Waals surface area contributed by atoms with Crippen LogP contribution in [0.1, 0.15) is 0 Å². The van der Waals surface area contributed by atoms with Gasteiger partial charge in [0, 0.05) is 10.9 Å². The van der Waals surface area contributed by atoms with E-state index in [1.165, 1.54) is 17.0 Å². The molecule has 0 aliphatic heterocycles. The first-order chi connectivity index (χ1) is 12.7. The van der Waals surface area contributed by atoms with Crippen LogP contribution >= 0.6 is 22.7 Å². The zero-order chi connectivity index (χ0) is 18.4. The summed E-state index contributed by atoms with van der Waals surface area (Å²) in [6.07, 6.45) is 0.250. The molecule has 6 heteroatoms. The van der Waals surface area contributed by atoms with Gasteiger partial charge in [-0.05, 0) is 40.8 Å². The molecule has 4 rings (SSSR count). The van der Waals surface area contributed by atoms with Crippen molar-refractivity contribution in [1.29, 1.82) is 0 Å². The van der Waals surface area contributed by atoms with Crippen LogP contribution in [0.2, 0.25) is 0 Å². The third-order valence-corrected chi connectivity index (χ3v) is 5.45. The fourth-order valence-electron chi connectivity index (χ4n) is 2.42. The van der Waals surface area contributed by atoms with Crippen LogP contribution in [-0.4, -0.2) is 11.1 Å². The molecule has 3 nitrogen and oxygen atoms in total. The molecule has 0 spiro atoms. The molecule has 0 unspecified atom stereocenters. The lowest BCUT2D eigenvalue weighted by molar-refractivity contribution is -0.191. The van der Waals surface area contributed by atoms with Gasteiger partial charge in [-0.15, -0.1) is 22.7 Å². The van der Waals surface area contributed by atoms with Gasteiger partial charge in [0.1, 0.15) is 10.8 Å². The van der Waals surface area contributed by atoms with Crippen molar-refractivity contribution in [3.05, 3.63) is 77.2 Å². The largest absolute Gasteiger partial charge is 0.373 e. The first-order valence-electron chi connectivity index (χ1n) is 7.56. The molecule has 0 radical (unpaired) electrons. The molecule has 0 N–H and O–H groups in total. The number of thiazole rings is 1. The minimum absolute atomic E-state index is 0.218. The van der Waals surface area contributed by atoms with Crippen LogP contribution in [0.5, 0.6) is 0 Å². The van der Waals surface area contributed by atoms with Gasteiger partial charge in [-0.1, -0.05) is 36.4 Å². The summed E-state index contributed by atoms with van der Waals surface area (Å²) in [5.41, 5.74) is 4.11. The minimum atomic E-state index is -0.218. The van der Waals surface area contributed by atoms with Gasteiger partial charge in [0.05, 0.1) is 10.6 Å². The monoisotopic (exact) mass is 381 g/mol. The van der Waals surface area contributed by atoms with E-state index in [2.05, 4.69) is 29.0 Å². The van der Waals surface area contributed by atoms with E-state index in [-0.39, 0.29) is 12.0 Å². The Morgan fingerprint density at radius 1 is 0.846 bits per heavy atom. The van der Waals surface area contributed by atoms with Crippen molar-refractivity contribution in [3.8, 4) is 32.3 Å². The first kappa shape index (κ1) is 17.9. The quantitative estimate of drug-likeness (QED) is 0.453. The lowest BCUT2D eigenvalue weighted by atomic mass is 10.0. The minimum Gasteiger partial charge on any atom is -0.235 e. The molecule has 26 heavy (non-hydrogen) atoms. The molecule has 0 saturated heterocycles. The smallest absolute Gasteiger partial charge is 0.235 e. The third-order valence-electron chi connectivity index (χ3n) is 3.57. The molecule has 0 aliphatic rings. The van der Waals surface area contributed by atoms with Crippen LogP contribution in [0.15, 0.2) is 71.4 Å². The number of carbonyl (C=O) groups excluding carboxylic acids is 2. The number of benzene rings is 2. The molecular formula is C20H12FNO2S2. The van der Waals surface area contributed by atoms with E-state index in [4.69, 9.17) is 14.6 Å². The van der Waals surface area contributed by atoms with Crippen LogP contribution in [0.25, 0.3) is 32.3 Å². The van der Waals surface area contributed by atoms with Crippen molar-refractivity contribution in [2.75, 3.05) is 0 Å². The van der Waals surface area contributed by atoms with E-state index in [1.54, 1.807) is 34.8 Å². The fourth-order valence-corrected chi connectivity index (χ4v) is 4.06. The van der Waals surface area contributed by atoms with E-state index < -0.39 is 0 Å². The van der Waals surface area contributed by atoms with Gasteiger partial charge in [0.25, 0.3) is 0 Å². The predicted molar refractivity (Wildman–Crippen MR) is 101 cm³/mol. The van der Waals surface area contributed by atoms with Crippen molar-refractivity contribution in [3.63, 3.8) is 0 Å². The molecule has 0 fully saturated rings. The van der Waals surface area contributed by atoms with E-state index in [0.29, 0.717) is 0 Å². The molecule has 0 aliphatic carbocycles. The summed E-state index contributed by atoms with van der Waals surface area (Å²) in [4.78, 5) is 22.2. The normalized spacial score (nSPS) is 9.88. The summed E-state index contributed by atoms with van der Waals surface area (Å²) in [5.74, 6) is -0.218. The number of aromatic nitrogens is 1. The maximum Gasteiger partial charge on any atom is 0.373 e. The van der Waals surface area contributed by atoms with Crippen LogP contribution in [-0.2, 0) is 9.59 Å². The van der Waals surface area contributed by atoms with Crippen LogP contribution < -0.4 is 0 Å². The van der Waals surface area contributed by atoms with Gasteiger partial charge in [0.15, 0.2) is 0 Å². The summed E-state index contributed by atoms with van der Waals surface area (Å²) >= 11 is 3.35. The molecule has 2 aromatic carbocycles. The second-order valence-electron chi connectivity index (χ2n) is 5.19. The maximum absolute atomic E-state index is 13.1. The average molecular weight is 381 g/mol. The Labute approximate surface area is 157 Å². The SMILES string of the molecule is Fc1ccc(-c2cccc(-c3csc(-c4cccs4)n3)c2)cc1.O=C=O. The highest BCUT2D eigenvalue weighted by Crippen LogP contribution is 2.33. The Balaban J connectivity index is 0.000000613. The molecule has 0 amide bonds. The first-order valence-corrected chi connectivity index (χ1v) is 9.32. The molecule has 2 heterocycles. The summed E-state index contributed by atoms with van der Waals surface area (Å²) in [6, 6.07) is 18.9. The fraction of sp³-hybridized carbons (Fsp3) is 0. The molecule has 0 atom stereocenters. The van der Waals surface area contributed by atoms with Gasteiger partial charge >= 0.3 is 6.15 Å². The Morgan fingerprint density at radius 3 is 2.27 bits per heavy atom. The highest BCUT2D eigenvalue weighted by molar-refractivity contribution is 7.20. The molecule has 0 saturated carbocycles. The highest BCUT2D eigenvalue weighted by Gasteiger charge is 2.08. The van der Waals surface area contributed by atoms with Crippen molar-refractivity contribution in [2.24, 2.45) is 0 Å². The van der Waals surface area contributed by atoms with Gasteiger partial charge in [-0.3, -0.25) is 0 Å². The lowest BCUT2D eigenvalue weighted by Crippen LogP contribution is -1.82.